The number of aliphatic hydroxyl groups excluding tert-OH is 1. The number of amides is 4. The highest BCUT2D eigenvalue weighted by molar-refractivity contribution is 6.23. The summed E-state index contributed by atoms with van der Waals surface area (Å²) in [5.41, 5.74) is 1.52. The van der Waals surface area contributed by atoms with Gasteiger partial charge in [0.1, 0.15) is 6.04 Å². The Morgan fingerprint density at radius 2 is 1.71 bits per heavy atom. The average Bonchev–Trinajstić information content (AvgIpc) is 3.06. The first-order chi connectivity index (χ1) is 17.0. The van der Waals surface area contributed by atoms with Gasteiger partial charge in [-0.15, -0.1) is 0 Å². The highest BCUT2D eigenvalue weighted by Crippen LogP contribution is 2.32. The van der Waals surface area contributed by atoms with Crippen LogP contribution in [0.2, 0.25) is 0 Å². The molecule has 2 N–H and O–H groups in total. The van der Waals surface area contributed by atoms with Crippen LogP contribution < -0.4 is 10.2 Å². The van der Waals surface area contributed by atoms with Crippen LogP contribution in [-0.4, -0.2) is 121 Å². The van der Waals surface area contributed by atoms with Crippen molar-refractivity contribution in [3.8, 4) is 0 Å². The van der Waals surface area contributed by atoms with Crippen LogP contribution in [0.3, 0.4) is 0 Å². The maximum atomic E-state index is 13.1. The van der Waals surface area contributed by atoms with Gasteiger partial charge in [0.05, 0.1) is 30.9 Å². The number of nitrogens with zero attached hydrogens (tertiary/aromatic N) is 4. The van der Waals surface area contributed by atoms with Crippen molar-refractivity contribution in [2.24, 2.45) is 0 Å². The van der Waals surface area contributed by atoms with Crippen molar-refractivity contribution in [2.45, 2.75) is 24.9 Å². The van der Waals surface area contributed by atoms with E-state index < -0.39 is 23.8 Å². The Balaban J connectivity index is 1.15. The molecule has 0 aliphatic carbocycles. The van der Waals surface area contributed by atoms with Gasteiger partial charge >= 0.3 is 0 Å². The van der Waals surface area contributed by atoms with Gasteiger partial charge in [-0.2, -0.15) is 0 Å². The summed E-state index contributed by atoms with van der Waals surface area (Å²) in [4.78, 5) is 57.7. The molecule has 0 radical (unpaired) electrons. The van der Waals surface area contributed by atoms with Crippen LogP contribution in [-0.2, 0) is 14.3 Å². The van der Waals surface area contributed by atoms with Crippen LogP contribution in [0, 0.1) is 0 Å². The second kappa shape index (κ2) is 10.0. The molecular weight excluding hydrogens is 454 g/mol. The van der Waals surface area contributed by atoms with Crippen molar-refractivity contribution >= 4 is 29.3 Å². The first-order valence-electron chi connectivity index (χ1n) is 12.2. The van der Waals surface area contributed by atoms with Crippen LogP contribution in [0.1, 0.15) is 33.6 Å². The van der Waals surface area contributed by atoms with E-state index in [-0.39, 0.29) is 25.4 Å². The van der Waals surface area contributed by atoms with Gasteiger partial charge in [0.15, 0.2) is 0 Å². The molecule has 3 fully saturated rings. The molecule has 1 unspecified atom stereocenters. The van der Waals surface area contributed by atoms with Gasteiger partial charge in [-0.05, 0) is 24.6 Å². The number of hydrogen-bond acceptors (Lipinski definition) is 9. The second-order valence-electron chi connectivity index (χ2n) is 9.45. The minimum Gasteiger partial charge on any atom is -0.394 e. The Morgan fingerprint density at radius 3 is 2.43 bits per heavy atom. The Hall–Kier alpha value is -2.86. The molecule has 0 bridgehead atoms. The van der Waals surface area contributed by atoms with E-state index in [1.54, 1.807) is 12.1 Å². The van der Waals surface area contributed by atoms with Crippen molar-refractivity contribution in [2.75, 3.05) is 70.5 Å². The largest absolute Gasteiger partial charge is 0.394 e. The van der Waals surface area contributed by atoms with Crippen LogP contribution in [0.15, 0.2) is 18.2 Å². The van der Waals surface area contributed by atoms with Crippen molar-refractivity contribution in [3.63, 3.8) is 0 Å². The fourth-order valence-electron chi connectivity index (χ4n) is 5.27. The van der Waals surface area contributed by atoms with Crippen molar-refractivity contribution in [3.05, 3.63) is 29.3 Å². The highest BCUT2D eigenvalue weighted by atomic mass is 16.5. The lowest BCUT2D eigenvalue weighted by Crippen LogP contribution is -2.63. The molecule has 4 aliphatic heterocycles. The molecule has 0 aromatic heterocycles. The van der Waals surface area contributed by atoms with E-state index in [0.717, 1.165) is 56.4 Å². The van der Waals surface area contributed by atoms with E-state index in [9.17, 15) is 19.2 Å². The Morgan fingerprint density at radius 1 is 0.971 bits per heavy atom. The lowest BCUT2D eigenvalue weighted by Gasteiger charge is -2.49. The Bertz CT molecular complexity index is 1020. The lowest BCUT2D eigenvalue weighted by atomic mass is 10.0. The summed E-state index contributed by atoms with van der Waals surface area (Å²) < 4.78 is 5.36. The van der Waals surface area contributed by atoms with Gasteiger partial charge in [-0.25, -0.2) is 0 Å². The number of piperazine rings is 1. The third kappa shape index (κ3) is 4.68. The summed E-state index contributed by atoms with van der Waals surface area (Å²) in [5, 5.41) is 11.0. The number of hydrogen-bond donors (Lipinski definition) is 2. The normalized spacial score (nSPS) is 24.1. The van der Waals surface area contributed by atoms with E-state index >= 15 is 0 Å². The molecule has 1 aromatic carbocycles. The smallest absolute Gasteiger partial charge is 0.262 e. The predicted octanol–water partition coefficient (Wildman–Crippen LogP) is -1.10. The molecule has 4 aliphatic rings. The SMILES string of the molecule is O=C1CCC(N2C(=O)c3ccc(N4CC(N5CCN(CCOCCO)CC5)C4)cc3C2=O)C(=O)N1. The van der Waals surface area contributed by atoms with E-state index in [0.29, 0.717) is 30.4 Å². The lowest BCUT2D eigenvalue weighted by molar-refractivity contribution is -0.136. The van der Waals surface area contributed by atoms with E-state index in [1.165, 1.54) is 0 Å². The standard InChI is InChI=1S/C24H31N5O6/c30-10-12-35-11-9-26-5-7-27(8-6-26)17-14-28(15-17)16-1-2-18-19(13-16)24(34)29(23(18)33)20-3-4-21(31)25-22(20)32/h1-2,13,17,20,30H,3-12,14-15H2,(H,25,31,32). The Kier molecular flexibility index (Phi) is 6.83. The van der Waals surface area contributed by atoms with Gasteiger partial charge in [-0.3, -0.25) is 39.2 Å². The molecule has 11 heteroatoms. The molecule has 3 saturated heterocycles. The number of imide groups is 2. The summed E-state index contributed by atoms with van der Waals surface area (Å²) in [6, 6.07) is 4.78. The average molecular weight is 486 g/mol. The summed E-state index contributed by atoms with van der Waals surface area (Å²) in [7, 11) is 0. The van der Waals surface area contributed by atoms with Crippen molar-refractivity contribution in [1.82, 2.24) is 20.0 Å². The van der Waals surface area contributed by atoms with Crippen molar-refractivity contribution < 1.29 is 29.0 Å². The molecule has 0 saturated carbocycles. The van der Waals surface area contributed by atoms with E-state index in [2.05, 4.69) is 20.0 Å². The predicted molar refractivity (Wildman–Crippen MR) is 125 cm³/mol. The number of rotatable bonds is 8. The molecular formula is C24H31N5O6. The third-order valence-corrected chi connectivity index (χ3v) is 7.36. The van der Waals surface area contributed by atoms with E-state index in [4.69, 9.17) is 9.84 Å². The van der Waals surface area contributed by atoms with Crippen molar-refractivity contribution in [1.29, 1.82) is 0 Å². The number of carbonyl (C=O) groups is 4. The fraction of sp³-hybridized carbons (Fsp3) is 0.583. The molecule has 1 aromatic rings. The zero-order chi connectivity index (χ0) is 24.5. The quantitative estimate of drug-likeness (QED) is 0.349. The molecule has 0 spiro atoms. The topological polar surface area (TPSA) is 123 Å². The number of ether oxygens (including phenoxy) is 1. The summed E-state index contributed by atoms with van der Waals surface area (Å²) in [6.07, 6.45) is 0.260. The number of benzene rings is 1. The van der Waals surface area contributed by atoms with Crippen LogP contribution in [0.25, 0.3) is 0 Å². The first-order valence-corrected chi connectivity index (χ1v) is 12.2. The summed E-state index contributed by atoms with van der Waals surface area (Å²) in [5.74, 6) is -1.94. The highest BCUT2D eigenvalue weighted by Gasteiger charge is 2.45. The molecule has 4 amide bonds. The second-order valence-corrected chi connectivity index (χ2v) is 9.45. The first kappa shape index (κ1) is 23.9. The number of aliphatic hydroxyl groups is 1. The molecule has 1 atom stereocenters. The van der Waals surface area contributed by atoms with Crippen LogP contribution >= 0.6 is 0 Å². The van der Waals surface area contributed by atoms with Gasteiger partial charge in [0.2, 0.25) is 11.8 Å². The fourth-order valence-corrected chi connectivity index (χ4v) is 5.27. The Labute approximate surface area is 203 Å². The molecule has 4 heterocycles. The van der Waals surface area contributed by atoms with Gasteiger partial charge in [-0.1, -0.05) is 0 Å². The number of carbonyl (C=O) groups excluding carboxylic acids is 4. The summed E-state index contributed by atoms with van der Waals surface area (Å²) >= 11 is 0. The van der Waals surface area contributed by atoms with E-state index in [1.807, 2.05) is 6.07 Å². The monoisotopic (exact) mass is 485 g/mol. The summed E-state index contributed by atoms with van der Waals surface area (Å²) in [6.45, 7) is 7.64. The molecule has 5 rings (SSSR count). The third-order valence-electron chi connectivity index (χ3n) is 7.36. The minimum absolute atomic E-state index is 0.0543. The minimum atomic E-state index is -0.947. The maximum absolute atomic E-state index is 13.1. The van der Waals surface area contributed by atoms with Gasteiger partial charge in [0, 0.05) is 64.0 Å². The zero-order valence-corrected chi connectivity index (χ0v) is 19.6. The molecule has 188 valence electrons. The molecule has 35 heavy (non-hydrogen) atoms. The zero-order valence-electron chi connectivity index (χ0n) is 19.6. The number of fused-ring (bicyclic) bond motifs is 1. The maximum Gasteiger partial charge on any atom is 0.262 e. The van der Waals surface area contributed by atoms with Crippen LogP contribution in [0.5, 0.6) is 0 Å². The van der Waals surface area contributed by atoms with Gasteiger partial charge in [0.25, 0.3) is 11.8 Å². The van der Waals surface area contributed by atoms with Crippen LogP contribution in [0.4, 0.5) is 5.69 Å². The molecule has 11 nitrogen and oxygen atoms in total. The number of nitrogens with one attached hydrogen (secondary N) is 1. The number of piperidine rings is 1. The van der Waals surface area contributed by atoms with Gasteiger partial charge < -0.3 is 14.7 Å². The number of anilines is 1.